The first-order chi connectivity index (χ1) is 47.2. The van der Waals surface area contributed by atoms with Gasteiger partial charge in [0.05, 0.1) is 26.4 Å². The third-order valence-electron chi connectivity index (χ3n) is 18.4. The quantitative estimate of drug-likeness (QED) is 0.0222. The van der Waals surface area contributed by atoms with E-state index >= 15 is 0 Å². The van der Waals surface area contributed by atoms with Gasteiger partial charge in [-0.05, 0) is 43.4 Å². The molecule has 0 aliphatic rings. The fourth-order valence-corrected chi connectivity index (χ4v) is 13.7. The number of unbranched alkanes of at least 4 members (excludes halogenated alkanes) is 45. The number of phosphoric acid groups is 2. The summed E-state index contributed by atoms with van der Waals surface area (Å²) in [6.45, 7) is 11.9. The van der Waals surface area contributed by atoms with E-state index in [-0.39, 0.29) is 25.7 Å². The summed E-state index contributed by atoms with van der Waals surface area (Å²) in [6, 6.07) is 0. The van der Waals surface area contributed by atoms with Crippen molar-refractivity contribution in [3.63, 3.8) is 0 Å². The van der Waals surface area contributed by atoms with Gasteiger partial charge >= 0.3 is 39.5 Å². The van der Waals surface area contributed by atoms with Gasteiger partial charge in [-0.2, -0.15) is 0 Å². The average Bonchev–Trinajstić information content (AvgIpc) is 1.85. The molecule has 0 aromatic heterocycles. The van der Waals surface area contributed by atoms with Crippen LogP contribution in [0.15, 0.2) is 0 Å². The molecule has 17 nitrogen and oxygen atoms in total. The van der Waals surface area contributed by atoms with Crippen LogP contribution in [0.25, 0.3) is 0 Å². The Labute approximate surface area is 600 Å². The Morgan fingerprint density at radius 2 is 0.469 bits per heavy atom. The first-order valence-corrected chi connectivity index (χ1v) is 43.8. The van der Waals surface area contributed by atoms with Gasteiger partial charge in [-0.25, -0.2) is 9.13 Å². The molecule has 0 aliphatic heterocycles. The van der Waals surface area contributed by atoms with E-state index < -0.39 is 97.5 Å². The second-order valence-corrected chi connectivity index (χ2v) is 32.8. The fraction of sp³-hybridized carbons (Fsp3) is 0.949. The molecule has 0 saturated carbocycles. The lowest BCUT2D eigenvalue weighted by Gasteiger charge is -2.21. The number of ether oxygens (including phenoxy) is 4. The maximum atomic E-state index is 13.1. The summed E-state index contributed by atoms with van der Waals surface area (Å²) in [5.41, 5.74) is 0. The molecule has 0 aliphatic carbocycles. The fourth-order valence-electron chi connectivity index (χ4n) is 12.1. The lowest BCUT2D eigenvalue weighted by atomic mass is 10.0. The van der Waals surface area contributed by atoms with Crippen LogP contribution < -0.4 is 0 Å². The zero-order chi connectivity index (χ0) is 72.3. The van der Waals surface area contributed by atoms with Gasteiger partial charge in [0, 0.05) is 25.7 Å². The van der Waals surface area contributed by atoms with E-state index in [0.717, 1.165) is 108 Å². The predicted molar refractivity (Wildman–Crippen MR) is 400 cm³/mol. The number of aliphatic hydroxyl groups is 1. The van der Waals surface area contributed by atoms with Crippen molar-refractivity contribution in [2.45, 2.75) is 426 Å². The predicted octanol–water partition coefficient (Wildman–Crippen LogP) is 23.4. The van der Waals surface area contributed by atoms with Gasteiger partial charge in [0.25, 0.3) is 0 Å². The number of carbonyl (C=O) groups excluding carboxylic acids is 4. The number of esters is 4. The van der Waals surface area contributed by atoms with Crippen LogP contribution in [0.2, 0.25) is 0 Å². The SMILES string of the molecule is CCCCCCCCCCCCCCCCCCC(=O)OC[C@H](COP(=O)(O)OC[C@@H](O)COP(=O)(O)OC[C@@H](COC(=O)CCCCCCCCCC(C)C)OC(=O)CCCCCCCCCCC(C)C)OC(=O)CCCCCCCCCCCCCCCCCCCCC(C)C. The minimum atomic E-state index is -4.96. The van der Waals surface area contributed by atoms with Crippen molar-refractivity contribution in [2.75, 3.05) is 39.6 Å². The van der Waals surface area contributed by atoms with E-state index in [1.807, 2.05) is 0 Å². The summed E-state index contributed by atoms with van der Waals surface area (Å²) >= 11 is 0. The first kappa shape index (κ1) is 96.1. The second-order valence-electron chi connectivity index (χ2n) is 29.9. The van der Waals surface area contributed by atoms with Crippen molar-refractivity contribution in [3.05, 3.63) is 0 Å². The van der Waals surface area contributed by atoms with Crippen LogP contribution in [0.1, 0.15) is 408 Å². The molecule has 0 aromatic carbocycles. The molecule has 0 amide bonds. The summed E-state index contributed by atoms with van der Waals surface area (Å²) in [5, 5.41) is 10.6. The summed E-state index contributed by atoms with van der Waals surface area (Å²) in [6.07, 6.45) is 57.1. The monoisotopic (exact) mass is 1440 g/mol. The Balaban J connectivity index is 5.21. The minimum absolute atomic E-state index is 0.104. The van der Waals surface area contributed by atoms with Gasteiger partial charge in [0.2, 0.25) is 0 Å². The molecule has 2 unspecified atom stereocenters. The molecular formula is C79H154O17P2. The maximum Gasteiger partial charge on any atom is 0.472 e. The maximum absolute atomic E-state index is 13.1. The molecule has 0 heterocycles. The van der Waals surface area contributed by atoms with E-state index in [9.17, 15) is 43.2 Å². The average molecular weight is 1440 g/mol. The molecule has 5 atom stereocenters. The van der Waals surface area contributed by atoms with E-state index in [1.165, 1.54) is 212 Å². The molecule has 19 heteroatoms. The van der Waals surface area contributed by atoms with Crippen molar-refractivity contribution in [3.8, 4) is 0 Å². The number of phosphoric ester groups is 2. The van der Waals surface area contributed by atoms with Crippen molar-refractivity contribution in [1.82, 2.24) is 0 Å². The normalized spacial score (nSPS) is 14.0. The van der Waals surface area contributed by atoms with Crippen molar-refractivity contribution < 1.29 is 80.2 Å². The molecule has 0 bridgehead atoms. The smallest absolute Gasteiger partial charge is 0.462 e. The van der Waals surface area contributed by atoms with Crippen molar-refractivity contribution >= 4 is 39.5 Å². The molecule has 0 radical (unpaired) electrons. The van der Waals surface area contributed by atoms with Gasteiger partial charge in [0.1, 0.15) is 19.3 Å². The Morgan fingerprint density at radius 3 is 0.694 bits per heavy atom. The minimum Gasteiger partial charge on any atom is -0.462 e. The van der Waals surface area contributed by atoms with Crippen molar-refractivity contribution in [2.24, 2.45) is 17.8 Å². The number of carbonyl (C=O) groups is 4. The summed E-state index contributed by atoms with van der Waals surface area (Å²) in [4.78, 5) is 72.9. The van der Waals surface area contributed by atoms with Gasteiger partial charge in [0.15, 0.2) is 12.2 Å². The zero-order valence-corrected chi connectivity index (χ0v) is 66.0. The number of rotatable bonds is 77. The van der Waals surface area contributed by atoms with Gasteiger partial charge in [-0.1, -0.05) is 357 Å². The largest absolute Gasteiger partial charge is 0.472 e. The highest BCUT2D eigenvalue weighted by Gasteiger charge is 2.30. The lowest BCUT2D eigenvalue weighted by Crippen LogP contribution is -2.30. The molecular weight excluding hydrogens is 1280 g/mol. The Morgan fingerprint density at radius 1 is 0.276 bits per heavy atom. The molecule has 582 valence electrons. The van der Waals surface area contributed by atoms with Crippen LogP contribution in [0.4, 0.5) is 0 Å². The van der Waals surface area contributed by atoms with Gasteiger partial charge < -0.3 is 33.8 Å². The second kappa shape index (κ2) is 69.4. The van der Waals surface area contributed by atoms with Crippen LogP contribution in [0, 0.1) is 17.8 Å². The topological polar surface area (TPSA) is 237 Å². The number of hydrogen-bond donors (Lipinski definition) is 3. The van der Waals surface area contributed by atoms with Crippen LogP contribution in [-0.2, 0) is 65.4 Å². The third kappa shape index (κ3) is 72.4. The molecule has 0 spiro atoms. The number of aliphatic hydroxyl groups excluding tert-OH is 1. The summed E-state index contributed by atoms with van der Waals surface area (Å²) in [7, 11) is -9.91. The summed E-state index contributed by atoms with van der Waals surface area (Å²) in [5.74, 6) is 0.127. The molecule has 3 N–H and O–H groups in total. The Kier molecular flexibility index (Phi) is 68.1. The Bertz CT molecular complexity index is 1900. The van der Waals surface area contributed by atoms with Crippen LogP contribution in [0.5, 0.6) is 0 Å². The van der Waals surface area contributed by atoms with Gasteiger partial charge in [-0.15, -0.1) is 0 Å². The highest BCUT2D eigenvalue weighted by molar-refractivity contribution is 7.47. The van der Waals surface area contributed by atoms with E-state index in [4.69, 9.17) is 37.0 Å². The van der Waals surface area contributed by atoms with Crippen LogP contribution in [0.3, 0.4) is 0 Å². The zero-order valence-electron chi connectivity index (χ0n) is 64.3. The molecule has 0 rings (SSSR count). The Hall–Kier alpha value is -1.94. The highest BCUT2D eigenvalue weighted by Crippen LogP contribution is 2.45. The van der Waals surface area contributed by atoms with Crippen LogP contribution in [-0.4, -0.2) is 96.7 Å². The third-order valence-corrected chi connectivity index (χ3v) is 20.3. The molecule has 0 fully saturated rings. The molecule has 98 heavy (non-hydrogen) atoms. The van der Waals surface area contributed by atoms with Crippen LogP contribution >= 0.6 is 15.6 Å². The standard InChI is InChI=1S/C79H154O17P2/c1-8-9-10-11-12-13-14-15-16-22-25-28-31-39-46-53-60-76(81)89-66-74(95-78(83)62-55-48-40-32-29-26-23-20-18-17-19-21-24-27-30-36-43-50-57-70(2)3)68-93-97(85,86)91-64-73(80)65-92-98(87,88)94-69-75(67-90-77(82)61-54-47-42-35-38-45-52-59-72(6)7)96-79(84)63-56-49-41-34-33-37-44-51-58-71(4)5/h70-75,80H,8-69H2,1-7H3,(H,85,86)(H,87,88)/t73-,74-,75-/m1/s1. The van der Waals surface area contributed by atoms with Crippen molar-refractivity contribution in [1.29, 1.82) is 0 Å². The summed E-state index contributed by atoms with van der Waals surface area (Å²) < 4.78 is 68.6. The number of hydrogen-bond acceptors (Lipinski definition) is 15. The highest BCUT2D eigenvalue weighted by atomic mass is 31.2. The van der Waals surface area contributed by atoms with Gasteiger partial charge in [-0.3, -0.25) is 37.3 Å². The molecule has 0 saturated heterocycles. The van der Waals surface area contributed by atoms with E-state index in [0.29, 0.717) is 31.6 Å². The van der Waals surface area contributed by atoms with E-state index in [1.54, 1.807) is 0 Å². The lowest BCUT2D eigenvalue weighted by molar-refractivity contribution is -0.161. The first-order valence-electron chi connectivity index (χ1n) is 40.8. The van der Waals surface area contributed by atoms with E-state index in [2.05, 4.69) is 48.5 Å². The molecule has 0 aromatic rings.